The fourth-order valence-corrected chi connectivity index (χ4v) is 3.13. The average Bonchev–Trinajstić information content (AvgIpc) is 2.71. The highest BCUT2D eigenvalue weighted by atomic mass is 16.8. The lowest BCUT2D eigenvalue weighted by Crippen LogP contribution is -2.52. The van der Waals surface area contributed by atoms with Crippen molar-refractivity contribution in [2.75, 3.05) is 0 Å². The van der Waals surface area contributed by atoms with Gasteiger partial charge in [-0.25, -0.2) is 4.79 Å². The number of carbonyl (C=O) groups excluding carboxylic acids is 1. The Balaban J connectivity index is 1.91. The lowest BCUT2D eigenvalue weighted by molar-refractivity contribution is -0.151. The Morgan fingerprint density at radius 1 is 1.16 bits per heavy atom. The smallest absolute Gasteiger partial charge is 0.411 e. The Labute approximate surface area is 113 Å². The molecule has 2 heterocycles. The van der Waals surface area contributed by atoms with Gasteiger partial charge in [-0.2, -0.15) is 0 Å². The van der Waals surface area contributed by atoms with Gasteiger partial charge in [0.2, 0.25) is 0 Å². The van der Waals surface area contributed by atoms with Crippen LogP contribution >= 0.6 is 0 Å². The Morgan fingerprint density at radius 2 is 1.84 bits per heavy atom. The molecule has 1 aliphatic carbocycles. The molecule has 2 aliphatic heterocycles. The van der Waals surface area contributed by atoms with Crippen molar-refractivity contribution >= 4 is 6.09 Å². The molecular formula is C14H21NO4. The van der Waals surface area contributed by atoms with Gasteiger partial charge in [0.15, 0.2) is 11.9 Å². The van der Waals surface area contributed by atoms with E-state index < -0.39 is 5.79 Å². The van der Waals surface area contributed by atoms with E-state index in [0.29, 0.717) is 0 Å². The lowest BCUT2D eigenvalue weighted by Gasteiger charge is -2.36. The van der Waals surface area contributed by atoms with Crippen LogP contribution in [0.5, 0.6) is 0 Å². The van der Waals surface area contributed by atoms with Crippen LogP contribution in [-0.4, -0.2) is 46.7 Å². The molecule has 0 saturated carbocycles. The number of fused-ring (bicyclic) bond motifs is 3. The van der Waals surface area contributed by atoms with Gasteiger partial charge < -0.3 is 14.2 Å². The quantitative estimate of drug-likeness (QED) is 0.630. The zero-order valence-electron chi connectivity index (χ0n) is 12.0. The fourth-order valence-electron chi connectivity index (χ4n) is 3.13. The normalized spacial score (nSPS) is 40.1. The van der Waals surface area contributed by atoms with Gasteiger partial charge >= 0.3 is 6.09 Å². The molecule has 5 heteroatoms. The molecule has 0 unspecified atom stereocenters. The lowest BCUT2D eigenvalue weighted by atomic mass is 9.91. The van der Waals surface area contributed by atoms with Gasteiger partial charge in [-0.15, -0.1) is 0 Å². The van der Waals surface area contributed by atoms with Gasteiger partial charge in [-0.1, -0.05) is 12.2 Å². The highest BCUT2D eigenvalue weighted by molar-refractivity contribution is 5.72. The topological polar surface area (TPSA) is 48.0 Å². The van der Waals surface area contributed by atoms with Crippen molar-refractivity contribution in [3.8, 4) is 0 Å². The van der Waals surface area contributed by atoms with E-state index in [1.165, 1.54) is 0 Å². The predicted molar refractivity (Wildman–Crippen MR) is 68.6 cm³/mol. The molecule has 3 rings (SSSR count). The SMILES string of the molecule is CC1(C)O[C@@H]2[C@H]3OC(=O)N(C(C)(C)C)[C@H]3C=C[C@@H]2O1. The van der Waals surface area contributed by atoms with E-state index in [0.717, 1.165) is 0 Å². The van der Waals surface area contributed by atoms with Crippen LogP contribution < -0.4 is 0 Å². The molecule has 0 radical (unpaired) electrons. The van der Waals surface area contributed by atoms with Crippen molar-refractivity contribution in [2.24, 2.45) is 0 Å². The standard InChI is InChI=1S/C14H21NO4/c1-13(2,3)15-8-6-7-9-11(10(8)17-12(15)16)19-14(4,5)18-9/h6-11H,1-5H3/t8-,9-,10-,11-/m0/s1. The summed E-state index contributed by atoms with van der Waals surface area (Å²) in [6, 6.07) is -0.0775. The highest BCUT2D eigenvalue weighted by Crippen LogP contribution is 2.41. The minimum Gasteiger partial charge on any atom is -0.441 e. The minimum absolute atomic E-state index is 0.0775. The van der Waals surface area contributed by atoms with Crippen LogP contribution in [0, 0.1) is 0 Å². The number of rotatable bonds is 0. The van der Waals surface area contributed by atoms with Gasteiger partial charge in [0.25, 0.3) is 0 Å². The van der Waals surface area contributed by atoms with E-state index in [9.17, 15) is 4.79 Å². The van der Waals surface area contributed by atoms with E-state index in [-0.39, 0.29) is 36.0 Å². The second kappa shape index (κ2) is 3.73. The number of carbonyl (C=O) groups is 1. The first kappa shape index (κ1) is 12.9. The van der Waals surface area contributed by atoms with Gasteiger partial charge in [0, 0.05) is 5.54 Å². The summed E-state index contributed by atoms with van der Waals surface area (Å²) in [7, 11) is 0. The molecule has 0 spiro atoms. The van der Waals surface area contributed by atoms with Crippen LogP contribution in [0.1, 0.15) is 34.6 Å². The molecule has 4 atom stereocenters. The van der Waals surface area contributed by atoms with Crippen LogP contribution in [0.2, 0.25) is 0 Å². The first-order chi connectivity index (χ1) is 8.69. The van der Waals surface area contributed by atoms with Crippen LogP contribution in [-0.2, 0) is 14.2 Å². The summed E-state index contributed by atoms with van der Waals surface area (Å²) in [5, 5.41) is 0. The number of nitrogens with zero attached hydrogens (tertiary/aromatic N) is 1. The molecule has 1 amide bonds. The molecule has 106 valence electrons. The molecule has 3 aliphatic rings. The van der Waals surface area contributed by atoms with E-state index in [2.05, 4.69) is 0 Å². The summed E-state index contributed by atoms with van der Waals surface area (Å²) in [6.07, 6.45) is 3.07. The Hall–Kier alpha value is -1.07. The molecule has 0 N–H and O–H groups in total. The number of amides is 1. The molecule has 0 bridgehead atoms. The third-order valence-corrected chi connectivity index (χ3v) is 3.78. The van der Waals surface area contributed by atoms with Gasteiger partial charge in [-0.3, -0.25) is 4.90 Å². The molecule has 2 fully saturated rings. The van der Waals surface area contributed by atoms with Crippen molar-refractivity contribution in [2.45, 2.75) is 70.3 Å². The summed E-state index contributed by atoms with van der Waals surface area (Å²) < 4.78 is 17.2. The van der Waals surface area contributed by atoms with Crippen molar-refractivity contribution in [1.82, 2.24) is 4.90 Å². The first-order valence-electron chi connectivity index (χ1n) is 6.73. The van der Waals surface area contributed by atoms with E-state index in [1.54, 1.807) is 4.90 Å². The monoisotopic (exact) mass is 267 g/mol. The summed E-state index contributed by atoms with van der Waals surface area (Å²) in [6.45, 7) is 9.78. The summed E-state index contributed by atoms with van der Waals surface area (Å²) in [5.41, 5.74) is -0.275. The number of hydrogen-bond donors (Lipinski definition) is 0. The van der Waals surface area contributed by atoms with Gasteiger partial charge in [0.05, 0.1) is 6.04 Å². The summed E-state index contributed by atoms with van der Waals surface area (Å²) >= 11 is 0. The van der Waals surface area contributed by atoms with E-state index in [1.807, 2.05) is 46.8 Å². The third-order valence-electron chi connectivity index (χ3n) is 3.78. The molecule has 2 saturated heterocycles. The molecule has 19 heavy (non-hydrogen) atoms. The third kappa shape index (κ3) is 1.96. The Bertz CT molecular complexity index is 437. The summed E-state index contributed by atoms with van der Waals surface area (Å²) in [5.74, 6) is -0.629. The van der Waals surface area contributed by atoms with E-state index in [4.69, 9.17) is 14.2 Å². The second-order valence-corrected chi connectivity index (χ2v) is 6.83. The zero-order chi connectivity index (χ0) is 14.0. The highest BCUT2D eigenvalue weighted by Gasteiger charge is 2.56. The predicted octanol–water partition coefficient (Wildman–Crippen LogP) is 2.06. The van der Waals surface area contributed by atoms with Gasteiger partial charge in [0.1, 0.15) is 12.2 Å². The van der Waals surface area contributed by atoms with Crippen molar-refractivity contribution in [3.63, 3.8) is 0 Å². The van der Waals surface area contributed by atoms with E-state index >= 15 is 0 Å². The molecule has 5 nitrogen and oxygen atoms in total. The Kier molecular flexibility index (Phi) is 2.54. The largest absolute Gasteiger partial charge is 0.441 e. The second-order valence-electron chi connectivity index (χ2n) is 6.83. The van der Waals surface area contributed by atoms with Crippen LogP contribution in [0.15, 0.2) is 12.2 Å². The van der Waals surface area contributed by atoms with Crippen molar-refractivity contribution in [1.29, 1.82) is 0 Å². The van der Waals surface area contributed by atoms with Crippen LogP contribution in [0.4, 0.5) is 4.79 Å². The first-order valence-corrected chi connectivity index (χ1v) is 6.73. The minimum atomic E-state index is -0.629. The molecule has 0 aromatic heterocycles. The maximum absolute atomic E-state index is 12.1. The van der Waals surface area contributed by atoms with Crippen LogP contribution in [0.3, 0.4) is 0 Å². The zero-order valence-corrected chi connectivity index (χ0v) is 12.0. The maximum Gasteiger partial charge on any atom is 0.411 e. The number of ether oxygens (including phenoxy) is 3. The molecule has 0 aromatic carbocycles. The van der Waals surface area contributed by atoms with Gasteiger partial charge in [-0.05, 0) is 34.6 Å². The number of hydrogen-bond acceptors (Lipinski definition) is 4. The summed E-state index contributed by atoms with van der Waals surface area (Å²) in [4.78, 5) is 13.9. The van der Waals surface area contributed by atoms with Crippen LogP contribution in [0.25, 0.3) is 0 Å². The van der Waals surface area contributed by atoms with Crippen molar-refractivity contribution in [3.05, 3.63) is 12.2 Å². The average molecular weight is 267 g/mol. The molecular weight excluding hydrogens is 246 g/mol. The maximum atomic E-state index is 12.1. The fraction of sp³-hybridized carbons (Fsp3) is 0.786. The Morgan fingerprint density at radius 3 is 2.47 bits per heavy atom. The molecule has 0 aromatic rings. The van der Waals surface area contributed by atoms with Crippen molar-refractivity contribution < 1.29 is 19.0 Å².